The minimum atomic E-state index is -0.667. The van der Waals surface area contributed by atoms with Gasteiger partial charge in [0.1, 0.15) is 16.9 Å². The average molecular weight is 410 g/mol. The number of aromatic nitrogens is 2. The van der Waals surface area contributed by atoms with E-state index in [-0.39, 0.29) is 16.9 Å². The molecule has 0 spiro atoms. The highest BCUT2D eigenvalue weighted by atomic mass is 19.1. The number of H-pyrrole nitrogens is 1. The van der Waals surface area contributed by atoms with Crippen molar-refractivity contribution in [2.75, 3.05) is 26.2 Å². The highest BCUT2D eigenvalue weighted by molar-refractivity contribution is 6.01. The minimum absolute atomic E-state index is 0.155. The SMILES string of the molecule is O=C(NCCN1CCCC1)c1c(O)c2ncc(Cc3ccc(F)cc3)cc2[nH]c1=O. The Bertz CT molecular complexity index is 1120. The van der Waals surface area contributed by atoms with Gasteiger partial charge in [-0.2, -0.15) is 0 Å². The van der Waals surface area contributed by atoms with Gasteiger partial charge in [-0.05, 0) is 61.7 Å². The zero-order chi connectivity index (χ0) is 21.1. The highest BCUT2D eigenvalue weighted by Crippen LogP contribution is 2.24. The third-order valence-corrected chi connectivity index (χ3v) is 5.34. The Labute approximate surface area is 172 Å². The molecule has 0 atom stereocenters. The molecule has 3 aromatic rings. The second-order valence-corrected chi connectivity index (χ2v) is 7.53. The van der Waals surface area contributed by atoms with Crippen molar-refractivity contribution in [3.63, 3.8) is 0 Å². The Balaban J connectivity index is 1.52. The number of carbonyl (C=O) groups excluding carboxylic acids is 1. The van der Waals surface area contributed by atoms with Gasteiger partial charge in [-0.15, -0.1) is 0 Å². The maximum Gasteiger partial charge on any atom is 0.265 e. The standard InChI is InChI=1S/C22H23FN4O3/c23-16-5-3-14(4-6-16)11-15-12-17-19(25-13-15)20(28)18(22(30)26-17)21(29)24-7-10-27-8-1-2-9-27/h3-6,12-13H,1-2,7-11H2,(H,24,29)(H2,26,28,30). The molecule has 0 aliphatic carbocycles. The van der Waals surface area contributed by atoms with E-state index in [1.165, 1.54) is 12.1 Å². The van der Waals surface area contributed by atoms with Gasteiger partial charge in [0.25, 0.3) is 11.5 Å². The van der Waals surface area contributed by atoms with Crippen LogP contribution in [0.2, 0.25) is 0 Å². The molecule has 0 radical (unpaired) electrons. The molecule has 156 valence electrons. The molecular formula is C22H23FN4O3. The molecule has 0 saturated carbocycles. The van der Waals surface area contributed by atoms with Crippen molar-refractivity contribution < 1.29 is 14.3 Å². The normalized spacial score (nSPS) is 14.3. The second-order valence-electron chi connectivity index (χ2n) is 7.53. The zero-order valence-corrected chi connectivity index (χ0v) is 16.4. The van der Waals surface area contributed by atoms with E-state index in [1.807, 2.05) is 0 Å². The van der Waals surface area contributed by atoms with Crippen molar-refractivity contribution in [3.05, 3.63) is 69.4 Å². The predicted octanol–water partition coefficient (Wildman–Crippen LogP) is 2.18. The van der Waals surface area contributed by atoms with E-state index in [1.54, 1.807) is 24.4 Å². The van der Waals surface area contributed by atoms with E-state index in [9.17, 15) is 19.1 Å². The van der Waals surface area contributed by atoms with Gasteiger partial charge >= 0.3 is 0 Å². The lowest BCUT2D eigenvalue weighted by molar-refractivity contribution is 0.0945. The van der Waals surface area contributed by atoms with E-state index in [2.05, 4.69) is 20.2 Å². The van der Waals surface area contributed by atoms with Crippen molar-refractivity contribution in [2.24, 2.45) is 0 Å². The number of nitrogens with one attached hydrogen (secondary N) is 2. The van der Waals surface area contributed by atoms with Crippen molar-refractivity contribution in [3.8, 4) is 5.75 Å². The molecule has 1 saturated heterocycles. The summed E-state index contributed by atoms with van der Waals surface area (Å²) >= 11 is 0. The molecule has 7 nitrogen and oxygen atoms in total. The molecule has 0 bridgehead atoms. The number of likely N-dealkylation sites (tertiary alicyclic amines) is 1. The summed E-state index contributed by atoms with van der Waals surface area (Å²) in [5, 5.41) is 13.2. The van der Waals surface area contributed by atoms with Gasteiger partial charge in [-0.3, -0.25) is 14.6 Å². The summed E-state index contributed by atoms with van der Waals surface area (Å²) in [5.41, 5.74) is 1.17. The molecule has 1 aliphatic heterocycles. The Hall–Kier alpha value is -3.26. The fourth-order valence-corrected chi connectivity index (χ4v) is 3.77. The molecule has 4 rings (SSSR count). The number of rotatable bonds is 6. The second kappa shape index (κ2) is 8.62. The van der Waals surface area contributed by atoms with Crippen LogP contribution in [0.15, 0.2) is 41.3 Å². The van der Waals surface area contributed by atoms with Crippen LogP contribution in [0.5, 0.6) is 5.75 Å². The first kappa shape index (κ1) is 20.0. The molecule has 3 heterocycles. The minimum Gasteiger partial charge on any atom is -0.505 e. The topological polar surface area (TPSA) is 98.3 Å². The molecule has 30 heavy (non-hydrogen) atoms. The summed E-state index contributed by atoms with van der Waals surface area (Å²) in [5.74, 6) is -1.36. The van der Waals surface area contributed by atoms with Gasteiger partial charge in [-0.25, -0.2) is 4.39 Å². The Morgan fingerprint density at radius 1 is 1.20 bits per heavy atom. The number of fused-ring (bicyclic) bond motifs is 1. The van der Waals surface area contributed by atoms with Crippen LogP contribution in [0.4, 0.5) is 4.39 Å². The maximum absolute atomic E-state index is 13.1. The third-order valence-electron chi connectivity index (χ3n) is 5.34. The van der Waals surface area contributed by atoms with Gasteiger partial charge in [0, 0.05) is 19.3 Å². The van der Waals surface area contributed by atoms with E-state index in [4.69, 9.17) is 0 Å². The average Bonchev–Trinajstić information content (AvgIpc) is 3.23. The van der Waals surface area contributed by atoms with Gasteiger partial charge in [0.05, 0.1) is 5.52 Å². The number of pyridine rings is 2. The number of aromatic hydroxyl groups is 1. The summed E-state index contributed by atoms with van der Waals surface area (Å²) < 4.78 is 13.1. The Kier molecular flexibility index (Phi) is 5.76. The maximum atomic E-state index is 13.1. The van der Waals surface area contributed by atoms with Crippen molar-refractivity contribution >= 4 is 16.9 Å². The first-order valence-corrected chi connectivity index (χ1v) is 10.00. The van der Waals surface area contributed by atoms with Crippen molar-refractivity contribution in [2.45, 2.75) is 19.3 Å². The van der Waals surface area contributed by atoms with Gasteiger partial charge in [0.2, 0.25) is 0 Å². The molecule has 1 fully saturated rings. The van der Waals surface area contributed by atoms with Crippen LogP contribution in [0.1, 0.15) is 34.3 Å². The van der Waals surface area contributed by atoms with Gasteiger partial charge in [-0.1, -0.05) is 12.1 Å². The predicted molar refractivity (Wildman–Crippen MR) is 111 cm³/mol. The largest absolute Gasteiger partial charge is 0.505 e. The van der Waals surface area contributed by atoms with Crippen LogP contribution >= 0.6 is 0 Å². The molecule has 1 aliphatic rings. The molecule has 2 aromatic heterocycles. The van der Waals surface area contributed by atoms with Gasteiger partial charge in [0.15, 0.2) is 5.75 Å². The third kappa shape index (κ3) is 4.33. The Morgan fingerprint density at radius 3 is 2.67 bits per heavy atom. The first-order chi connectivity index (χ1) is 14.5. The molecule has 0 unspecified atom stereocenters. The van der Waals surface area contributed by atoms with E-state index in [0.29, 0.717) is 25.0 Å². The number of benzene rings is 1. The zero-order valence-electron chi connectivity index (χ0n) is 16.4. The number of aromatic amines is 1. The lowest BCUT2D eigenvalue weighted by atomic mass is 10.1. The number of amides is 1. The van der Waals surface area contributed by atoms with Crippen LogP contribution in [0.25, 0.3) is 11.0 Å². The lowest BCUT2D eigenvalue weighted by Crippen LogP contribution is -2.36. The fourth-order valence-electron chi connectivity index (χ4n) is 3.77. The summed E-state index contributed by atoms with van der Waals surface area (Å²) in [6.45, 7) is 3.15. The van der Waals surface area contributed by atoms with E-state index in [0.717, 1.165) is 37.1 Å². The lowest BCUT2D eigenvalue weighted by Gasteiger charge is -2.15. The molecule has 3 N–H and O–H groups in total. The van der Waals surface area contributed by atoms with Crippen LogP contribution in [0, 0.1) is 5.82 Å². The summed E-state index contributed by atoms with van der Waals surface area (Å²) in [4.78, 5) is 34.1. The van der Waals surface area contributed by atoms with E-state index < -0.39 is 17.2 Å². The quantitative estimate of drug-likeness (QED) is 0.579. The van der Waals surface area contributed by atoms with Gasteiger partial charge < -0.3 is 20.3 Å². The summed E-state index contributed by atoms with van der Waals surface area (Å²) in [7, 11) is 0. The number of hydrogen-bond acceptors (Lipinski definition) is 5. The monoisotopic (exact) mass is 410 g/mol. The van der Waals surface area contributed by atoms with E-state index >= 15 is 0 Å². The molecular weight excluding hydrogens is 387 g/mol. The summed E-state index contributed by atoms with van der Waals surface area (Å²) in [6.07, 6.45) is 4.38. The van der Waals surface area contributed by atoms with Crippen LogP contribution in [0.3, 0.4) is 0 Å². The summed E-state index contributed by atoms with van der Waals surface area (Å²) in [6, 6.07) is 7.81. The first-order valence-electron chi connectivity index (χ1n) is 10.00. The highest BCUT2D eigenvalue weighted by Gasteiger charge is 2.20. The van der Waals surface area contributed by atoms with Crippen LogP contribution in [-0.2, 0) is 6.42 Å². The fraction of sp³-hybridized carbons (Fsp3) is 0.318. The van der Waals surface area contributed by atoms with Crippen LogP contribution in [-0.4, -0.2) is 52.1 Å². The molecule has 8 heteroatoms. The van der Waals surface area contributed by atoms with Crippen LogP contribution < -0.4 is 10.9 Å². The number of halogens is 1. The van der Waals surface area contributed by atoms with Crippen molar-refractivity contribution in [1.29, 1.82) is 0 Å². The van der Waals surface area contributed by atoms with Crippen molar-refractivity contribution in [1.82, 2.24) is 20.2 Å². The Morgan fingerprint density at radius 2 is 1.93 bits per heavy atom. The number of nitrogens with zero attached hydrogens (tertiary/aromatic N) is 2. The molecule has 1 aromatic carbocycles. The molecule has 1 amide bonds. The smallest absolute Gasteiger partial charge is 0.265 e. The number of carbonyl (C=O) groups is 1. The number of hydrogen-bond donors (Lipinski definition) is 3.